The molecule has 18 heavy (non-hydrogen) atoms. The standard InChI is InChI=1S/C11H18N2O5/c1-8-7-13(5-2-6-18-8)11(17)12-9(14)3-4-10(15)16/h8H,2-7H2,1H3,(H,15,16)(H,12,14,17). The van der Waals surface area contributed by atoms with Gasteiger partial charge in [0.05, 0.1) is 12.5 Å². The van der Waals surface area contributed by atoms with E-state index in [9.17, 15) is 14.4 Å². The highest BCUT2D eigenvalue weighted by Crippen LogP contribution is 2.05. The highest BCUT2D eigenvalue weighted by molar-refractivity contribution is 5.95. The topological polar surface area (TPSA) is 95.9 Å². The van der Waals surface area contributed by atoms with Crippen molar-refractivity contribution >= 4 is 17.9 Å². The van der Waals surface area contributed by atoms with Crippen LogP contribution < -0.4 is 5.32 Å². The zero-order valence-corrected chi connectivity index (χ0v) is 10.3. The third-order valence-corrected chi connectivity index (χ3v) is 2.55. The number of rotatable bonds is 3. The van der Waals surface area contributed by atoms with Crippen LogP contribution >= 0.6 is 0 Å². The van der Waals surface area contributed by atoms with Gasteiger partial charge in [-0.15, -0.1) is 0 Å². The Bertz CT molecular complexity index is 331. The quantitative estimate of drug-likeness (QED) is 0.753. The Hall–Kier alpha value is -1.63. The van der Waals surface area contributed by atoms with Gasteiger partial charge in [0.1, 0.15) is 0 Å². The van der Waals surface area contributed by atoms with Crippen molar-refractivity contribution in [2.24, 2.45) is 0 Å². The van der Waals surface area contributed by atoms with Gasteiger partial charge in [-0.1, -0.05) is 0 Å². The van der Waals surface area contributed by atoms with Crippen molar-refractivity contribution in [2.45, 2.75) is 32.3 Å². The third-order valence-electron chi connectivity index (χ3n) is 2.55. The van der Waals surface area contributed by atoms with E-state index in [0.29, 0.717) is 19.7 Å². The van der Waals surface area contributed by atoms with Crippen LogP contribution in [0.5, 0.6) is 0 Å². The molecule has 7 heteroatoms. The molecule has 0 aromatic heterocycles. The average molecular weight is 258 g/mol. The second kappa shape index (κ2) is 6.95. The molecule has 2 N–H and O–H groups in total. The highest BCUT2D eigenvalue weighted by atomic mass is 16.5. The van der Waals surface area contributed by atoms with Crippen LogP contribution in [0.4, 0.5) is 4.79 Å². The first-order valence-corrected chi connectivity index (χ1v) is 5.91. The van der Waals surface area contributed by atoms with Crippen LogP contribution in [0.3, 0.4) is 0 Å². The van der Waals surface area contributed by atoms with Crippen molar-refractivity contribution < 1.29 is 24.2 Å². The molecule has 0 radical (unpaired) electrons. The maximum Gasteiger partial charge on any atom is 0.324 e. The lowest BCUT2D eigenvalue weighted by Gasteiger charge is -2.21. The minimum Gasteiger partial charge on any atom is -0.481 e. The Balaban J connectivity index is 2.38. The number of nitrogens with one attached hydrogen (secondary N) is 1. The van der Waals surface area contributed by atoms with Crippen molar-refractivity contribution in [2.75, 3.05) is 19.7 Å². The van der Waals surface area contributed by atoms with Crippen molar-refractivity contribution in [1.29, 1.82) is 0 Å². The maximum atomic E-state index is 11.7. The van der Waals surface area contributed by atoms with E-state index in [2.05, 4.69) is 5.32 Å². The van der Waals surface area contributed by atoms with Gasteiger partial charge in [0.25, 0.3) is 0 Å². The number of carbonyl (C=O) groups excluding carboxylic acids is 2. The molecule has 1 rings (SSSR count). The molecule has 0 saturated carbocycles. The van der Waals surface area contributed by atoms with E-state index >= 15 is 0 Å². The molecule has 0 aromatic rings. The van der Waals surface area contributed by atoms with Gasteiger partial charge in [0.2, 0.25) is 5.91 Å². The molecule has 0 bridgehead atoms. The predicted molar refractivity (Wildman–Crippen MR) is 62.0 cm³/mol. The van der Waals surface area contributed by atoms with Crippen LogP contribution in [-0.4, -0.2) is 53.7 Å². The van der Waals surface area contributed by atoms with Crippen molar-refractivity contribution in [3.8, 4) is 0 Å². The van der Waals surface area contributed by atoms with Crippen LogP contribution in [0.15, 0.2) is 0 Å². The summed E-state index contributed by atoms with van der Waals surface area (Å²) in [6.07, 6.45) is 0.188. The van der Waals surface area contributed by atoms with Gasteiger partial charge < -0.3 is 14.7 Å². The molecular weight excluding hydrogens is 240 g/mol. The molecule has 1 fully saturated rings. The summed E-state index contributed by atoms with van der Waals surface area (Å²) in [6, 6.07) is -0.484. The molecule has 0 aromatic carbocycles. The summed E-state index contributed by atoms with van der Waals surface area (Å²) in [7, 11) is 0. The fourth-order valence-electron chi connectivity index (χ4n) is 1.66. The number of hydrogen-bond acceptors (Lipinski definition) is 4. The van der Waals surface area contributed by atoms with Crippen LogP contribution in [0.25, 0.3) is 0 Å². The largest absolute Gasteiger partial charge is 0.481 e. The van der Waals surface area contributed by atoms with E-state index < -0.39 is 17.9 Å². The number of carboxylic acids is 1. The summed E-state index contributed by atoms with van der Waals surface area (Å²) < 4.78 is 5.38. The van der Waals surface area contributed by atoms with E-state index in [4.69, 9.17) is 9.84 Å². The second-order valence-electron chi connectivity index (χ2n) is 4.23. The molecule has 0 aliphatic carbocycles. The molecule has 1 saturated heterocycles. The average Bonchev–Trinajstić information content (AvgIpc) is 2.51. The Morgan fingerprint density at radius 3 is 2.78 bits per heavy atom. The summed E-state index contributed by atoms with van der Waals surface area (Å²) in [5.41, 5.74) is 0. The number of carboxylic acid groups (broad SMARTS) is 1. The van der Waals surface area contributed by atoms with Gasteiger partial charge in [0.15, 0.2) is 0 Å². The molecular formula is C11H18N2O5. The monoisotopic (exact) mass is 258 g/mol. The number of imide groups is 1. The smallest absolute Gasteiger partial charge is 0.324 e. The molecule has 1 unspecified atom stereocenters. The number of aliphatic carboxylic acids is 1. The molecule has 7 nitrogen and oxygen atoms in total. The Kier molecular flexibility index (Phi) is 5.57. The van der Waals surface area contributed by atoms with Gasteiger partial charge in [-0.2, -0.15) is 0 Å². The normalized spacial score (nSPS) is 20.1. The van der Waals surface area contributed by atoms with Crippen molar-refractivity contribution in [1.82, 2.24) is 10.2 Å². The van der Waals surface area contributed by atoms with E-state index in [0.717, 1.165) is 6.42 Å². The third kappa shape index (κ3) is 5.13. The van der Waals surface area contributed by atoms with Crippen LogP contribution in [-0.2, 0) is 14.3 Å². The summed E-state index contributed by atoms with van der Waals surface area (Å²) >= 11 is 0. The Labute approximate surface area is 105 Å². The number of urea groups is 1. The zero-order chi connectivity index (χ0) is 13.5. The Morgan fingerprint density at radius 1 is 1.39 bits per heavy atom. The fraction of sp³-hybridized carbons (Fsp3) is 0.727. The highest BCUT2D eigenvalue weighted by Gasteiger charge is 2.21. The molecule has 102 valence electrons. The van der Waals surface area contributed by atoms with Crippen molar-refractivity contribution in [3.63, 3.8) is 0 Å². The first-order chi connectivity index (χ1) is 8.49. The van der Waals surface area contributed by atoms with Gasteiger partial charge in [-0.3, -0.25) is 14.9 Å². The number of hydrogen-bond donors (Lipinski definition) is 2. The lowest BCUT2D eigenvalue weighted by Crippen LogP contribution is -2.45. The summed E-state index contributed by atoms with van der Waals surface area (Å²) in [4.78, 5) is 34.9. The van der Waals surface area contributed by atoms with Gasteiger partial charge in [-0.05, 0) is 13.3 Å². The van der Waals surface area contributed by atoms with E-state index in [-0.39, 0.29) is 18.9 Å². The van der Waals surface area contributed by atoms with Gasteiger partial charge >= 0.3 is 12.0 Å². The molecule has 3 amide bonds. The first kappa shape index (κ1) is 14.4. The van der Waals surface area contributed by atoms with E-state index in [1.54, 1.807) is 0 Å². The van der Waals surface area contributed by atoms with Gasteiger partial charge in [-0.25, -0.2) is 4.79 Å². The van der Waals surface area contributed by atoms with Crippen LogP contribution in [0.1, 0.15) is 26.2 Å². The predicted octanol–water partition coefficient (Wildman–Crippen LogP) is 0.198. The number of amides is 3. The van der Waals surface area contributed by atoms with Crippen molar-refractivity contribution in [3.05, 3.63) is 0 Å². The molecule has 1 aliphatic heterocycles. The minimum atomic E-state index is -1.06. The van der Waals surface area contributed by atoms with Crippen LogP contribution in [0, 0.1) is 0 Å². The SMILES string of the molecule is CC1CN(C(=O)NC(=O)CCC(=O)O)CCCO1. The summed E-state index contributed by atoms with van der Waals surface area (Å²) in [5, 5.41) is 10.6. The maximum absolute atomic E-state index is 11.7. The lowest BCUT2D eigenvalue weighted by molar-refractivity contribution is -0.138. The second-order valence-corrected chi connectivity index (χ2v) is 4.23. The molecule has 0 spiro atoms. The number of nitrogens with zero attached hydrogens (tertiary/aromatic N) is 1. The first-order valence-electron chi connectivity index (χ1n) is 5.91. The number of ether oxygens (including phenoxy) is 1. The summed E-state index contributed by atoms with van der Waals surface area (Å²) in [6.45, 7) is 3.41. The van der Waals surface area contributed by atoms with Crippen LogP contribution in [0.2, 0.25) is 0 Å². The summed E-state index contributed by atoms with van der Waals surface area (Å²) in [5.74, 6) is -1.63. The molecule has 1 aliphatic rings. The van der Waals surface area contributed by atoms with E-state index in [1.807, 2.05) is 6.92 Å². The minimum absolute atomic E-state index is 0.0626. The number of carbonyl (C=O) groups is 3. The fourth-order valence-corrected chi connectivity index (χ4v) is 1.66. The van der Waals surface area contributed by atoms with E-state index in [1.165, 1.54) is 4.90 Å². The molecule has 1 heterocycles. The lowest BCUT2D eigenvalue weighted by atomic mass is 10.3. The zero-order valence-electron chi connectivity index (χ0n) is 10.3. The van der Waals surface area contributed by atoms with Gasteiger partial charge in [0, 0.05) is 26.1 Å². The molecule has 1 atom stereocenters. The Morgan fingerprint density at radius 2 is 2.11 bits per heavy atom.